The predicted octanol–water partition coefficient (Wildman–Crippen LogP) is 2.10. The number of hydrogen-bond acceptors (Lipinski definition) is 4. The molecule has 2 heterocycles. The van der Waals surface area contributed by atoms with Gasteiger partial charge >= 0.3 is 0 Å². The second-order valence-corrected chi connectivity index (χ2v) is 5.58. The fourth-order valence-corrected chi connectivity index (χ4v) is 2.44. The molecule has 2 aromatic heterocycles. The van der Waals surface area contributed by atoms with Crippen molar-refractivity contribution in [3.8, 4) is 0 Å². The fourth-order valence-electron chi connectivity index (χ4n) is 2.44. The second-order valence-electron chi connectivity index (χ2n) is 5.58. The Bertz CT molecular complexity index is 667. The van der Waals surface area contributed by atoms with Crippen molar-refractivity contribution in [2.45, 2.75) is 46.1 Å². The van der Waals surface area contributed by atoms with Crippen LogP contribution in [0, 0.1) is 20.8 Å². The number of hydrogen-bond donors (Lipinski definition) is 1. The van der Waals surface area contributed by atoms with Crippen LogP contribution in [0.1, 0.15) is 52.3 Å². The Balaban J connectivity index is 1.57. The Morgan fingerprint density at radius 1 is 1.43 bits per heavy atom. The molecular weight excluding hydrogens is 268 g/mol. The van der Waals surface area contributed by atoms with E-state index >= 15 is 0 Å². The summed E-state index contributed by atoms with van der Waals surface area (Å²) in [5, 5.41) is 7.18. The van der Waals surface area contributed by atoms with Gasteiger partial charge in [-0.2, -0.15) is 5.10 Å². The number of aryl methyl sites for hydroxylation is 3. The fraction of sp³-hybridized carbons (Fsp3) is 0.533. The lowest BCUT2D eigenvalue weighted by molar-refractivity contribution is 0.0950. The highest BCUT2D eigenvalue weighted by atomic mass is 16.3. The number of furan rings is 1. The molecule has 0 aliphatic heterocycles. The van der Waals surface area contributed by atoms with E-state index in [0.717, 1.165) is 17.4 Å². The summed E-state index contributed by atoms with van der Waals surface area (Å²) >= 11 is 0. The molecule has 0 aromatic carbocycles. The third-order valence-electron chi connectivity index (χ3n) is 3.73. The Morgan fingerprint density at radius 3 is 2.81 bits per heavy atom. The van der Waals surface area contributed by atoms with Gasteiger partial charge in [-0.1, -0.05) is 0 Å². The van der Waals surface area contributed by atoms with Gasteiger partial charge in [0.25, 0.3) is 5.91 Å². The minimum atomic E-state index is -0.0855. The van der Waals surface area contributed by atoms with Crippen LogP contribution in [0.3, 0.4) is 0 Å². The monoisotopic (exact) mass is 288 g/mol. The zero-order valence-corrected chi connectivity index (χ0v) is 12.6. The number of carbonyl (C=O) groups excluding carboxylic acids is 1. The maximum Gasteiger partial charge on any atom is 0.254 e. The average Bonchev–Trinajstić information content (AvgIpc) is 3.13. The molecule has 21 heavy (non-hydrogen) atoms. The first-order valence-corrected chi connectivity index (χ1v) is 7.31. The molecule has 1 fully saturated rings. The number of amides is 1. The highest BCUT2D eigenvalue weighted by Crippen LogP contribution is 2.41. The molecule has 1 N–H and O–H groups in total. The summed E-state index contributed by atoms with van der Waals surface area (Å²) in [6.07, 6.45) is 2.33. The van der Waals surface area contributed by atoms with Gasteiger partial charge in [0.1, 0.15) is 23.2 Å². The van der Waals surface area contributed by atoms with Crippen LogP contribution < -0.4 is 5.32 Å². The number of aromatic nitrogens is 3. The minimum Gasteiger partial charge on any atom is -0.465 e. The van der Waals surface area contributed by atoms with Crippen LogP contribution in [0.5, 0.6) is 0 Å². The largest absolute Gasteiger partial charge is 0.465 e. The topological polar surface area (TPSA) is 73.0 Å². The van der Waals surface area contributed by atoms with Crippen LogP contribution in [-0.4, -0.2) is 27.2 Å². The van der Waals surface area contributed by atoms with E-state index in [2.05, 4.69) is 15.4 Å². The molecule has 112 valence electrons. The molecule has 1 saturated carbocycles. The van der Waals surface area contributed by atoms with Gasteiger partial charge in [-0.05, 0) is 39.7 Å². The third kappa shape index (κ3) is 2.99. The molecule has 0 radical (unpaired) electrons. The first kappa shape index (κ1) is 13.9. The quantitative estimate of drug-likeness (QED) is 0.914. The maximum atomic E-state index is 12.2. The molecule has 1 aliphatic carbocycles. The van der Waals surface area contributed by atoms with Crippen molar-refractivity contribution in [1.82, 2.24) is 20.1 Å². The van der Waals surface area contributed by atoms with E-state index in [-0.39, 0.29) is 5.91 Å². The number of rotatable bonds is 5. The predicted molar refractivity (Wildman–Crippen MR) is 77.2 cm³/mol. The van der Waals surface area contributed by atoms with Gasteiger partial charge in [-0.15, -0.1) is 0 Å². The van der Waals surface area contributed by atoms with E-state index in [4.69, 9.17) is 4.42 Å². The summed E-state index contributed by atoms with van der Waals surface area (Å²) in [5.41, 5.74) is 0.642. The van der Waals surface area contributed by atoms with Crippen molar-refractivity contribution in [3.05, 3.63) is 34.8 Å². The van der Waals surface area contributed by atoms with Gasteiger partial charge in [0, 0.05) is 12.5 Å². The summed E-state index contributed by atoms with van der Waals surface area (Å²) in [6.45, 7) is 6.74. The molecule has 2 aromatic rings. The normalized spacial score (nSPS) is 14.4. The molecule has 0 bridgehead atoms. The van der Waals surface area contributed by atoms with Crippen LogP contribution in [-0.2, 0) is 6.54 Å². The molecular formula is C15H20N4O2. The van der Waals surface area contributed by atoms with Crippen molar-refractivity contribution in [3.63, 3.8) is 0 Å². The smallest absolute Gasteiger partial charge is 0.254 e. The van der Waals surface area contributed by atoms with Crippen LogP contribution >= 0.6 is 0 Å². The summed E-state index contributed by atoms with van der Waals surface area (Å²) in [7, 11) is 0. The van der Waals surface area contributed by atoms with E-state index in [1.54, 1.807) is 4.68 Å². The van der Waals surface area contributed by atoms with Crippen LogP contribution in [0.25, 0.3) is 0 Å². The number of nitrogens with one attached hydrogen (secondary N) is 1. The highest BCUT2D eigenvalue weighted by Gasteiger charge is 2.29. The van der Waals surface area contributed by atoms with E-state index in [9.17, 15) is 4.79 Å². The van der Waals surface area contributed by atoms with Crippen molar-refractivity contribution in [2.75, 3.05) is 6.54 Å². The lowest BCUT2D eigenvalue weighted by Crippen LogP contribution is -2.28. The molecule has 1 amide bonds. The van der Waals surface area contributed by atoms with E-state index in [1.807, 2.05) is 26.8 Å². The summed E-state index contributed by atoms with van der Waals surface area (Å²) in [4.78, 5) is 16.4. The zero-order chi connectivity index (χ0) is 15.0. The van der Waals surface area contributed by atoms with Gasteiger partial charge < -0.3 is 9.73 Å². The second kappa shape index (κ2) is 5.35. The van der Waals surface area contributed by atoms with Gasteiger partial charge in [-0.3, -0.25) is 4.79 Å². The molecule has 1 aliphatic rings. The molecule has 0 saturated heterocycles. The summed E-state index contributed by atoms with van der Waals surface area (Å²) in [5.74, 6) is 3.68. The molecule has 3 rings (SSSR count). The molecule has 6 heteroatoms. The van der Waals surface area contributed by atoms with E-state index in [0.29, 0.717) is 30.3 Å². The van der Waals surface area contributed by atoms with Crippen molar-refractivity contribution >= 4 is 5.91 Å². The Labute approximate surface area is 123 Å². The van der Waals surface area contributed by atoms with Crippen LogP contribution in [0.4, 0.5) is 0 Å². The van der Waals surface area contributed by atoms with Crippen LogP contribution in [0.2, 0.25) is 0 Å². The van der Waals surface area contributed by atoms with Gasteiger partial charge in [0.2, 0.25) is 0 Å². The van der Waals surface area contributed by atoms with E-state index < -0.39 is 0 Å². The Kier molecular flexibility index (Phi) is 3.53. The Hall–Kier alpha value is -2.11. The Morgan fingerprint density at radius 2 is 2.19 bits per heavy atom. The standard InChI is InChI=1S/C15H20N4O2/c1-9-13(8-14(21-9)12-4-5-12)15(20)16-6-7-19-11(3)17-10(2)18-19/h8,12H,4-7H2,1-3H3,(H,16,20). The first-order valence-electron chi connectivity index (χ1n) is 7.31. The molecule has 0 unspecified atom stereocenters. The summed E-state index contributed by atoms with van der Waals surface area (Å²) < 4.78 is 7.46. The number of nitrogens with zero attached hydrogens (tertiary/aromatic N) is 3. The zero-order valence-electron chi connectivity index (χ0n) is 12.6. The molecule has 0 atom stereocenters. The maximum absolute atomic E-state index is 12.2. The molecule has 0 spiro atoms. The average molecular weight is 288 g/mol. The van der Waals surface area contributed by atoms with Gasteiger partial charge in [0.05, 0.1) is 12.1 Å². The first-order chi connectivity index (χ1) is 10.0. The minimum absolute atomic E-state index is 0.0855. The number of carbonyl (C=O) groups is 1. The highest BCUT2D eigenvalue weighted by molar-refractivity contribution is 5.95. The lowest BCUT2D eigenvalue weighted by atomic mass is 10.2. The molecule has 6 nitrogen and oxygen atoms in total. The van der Waals surface area contributed by atoms with Crippen molar-refractivity contribution in [1.29, 1.82) is 0 Å². The SMILES string of the molecule is Cc1nc(C)n(CCNC(=O)c2cc(C3CC3)oc2C)n1. The van der Waals surface area contributed by atoms with Crippen molar-refractivity contribution in [2.24, 2.45) is 0 Å². The lowest BCUT2D eigenvalue weighted by Gasteiger charge is -2.05. The van der Waals surface area contributed by atoms with E-state index in [1.165, 1.54) is 12.8 Å². The van der Waals surface area contributed by atoms with Gasteiger partial charge in [-0.25, -0.2) is 9.67 Å². The van der Waals surface area contributed by atoms with Gasteiger partial charge in [0.15, 0.2) is 0 Å². The third-order valence-corrected chi connectivity index (χ3v) is 3.73. The van der Waals surface area contributed by atoms with Crippen LogP contribution in [0.15, 0.2) is 10.5 Å². The summed E-state index contributed by atoms with van der Waals surface area (Å²) in [6, 6.07) is 1.88. The van der Waals surface area contributed by atoms with Crippen molar-refractivity contribution < 1.29 is 9.21 Å².